The van der Waals surface area contributed by atoms with Gasteiger partial charge in [-0.3, -0.25) is 0 Å². The van der Waals surface area contributed by atoms with E-state index in [0.29, 0.717) is 0 Å². The van der Waals surface area contributed by atoms with Gasteiger partial charge in [-0.1, -0.05) is 165 Å². The van der Waals surface area contributed by atoms with Crippen LogP contribution in [0.1, 0.15) is 187 Å². The first kappa shape index (κ1) is 42.9. The van der Waals surface area contributed by atoms with E-state index in [0.717, 1.165) is 18.8 Å². The van der Waals surface area contributed by atoms with Crippen molar-refractivity contribution in [1.29, 1.82) is 0 Å². The summed E-state index contributed by atoms with van der Waals surface area (Å²) >= 11 is 0. The quantitative estimate of drug-likeness (QED) is 0.0521. The van der Waals surface area contributed by atoms with E-state index in [9.17, 15) is 0 Å². The Bertz CT molecular complexity index is 711. The maximum atomic E-state index is 2.72. The predicted octanol–water partition coefficient (Wildman–Crippen LogP) is 13.6. The summed E-state index contributed by atoms with van der Waals surface area (Å²) in [5.41, 5.74) is 0. The highest BCUT2D eigenvalue weighted by atomic mass is 15.2. The van der Waals surface area contributed by atoms with Crippen molar-refractivity contribution in [2.45, 2.75) is 187 Å². The van der Waals surface area contributed by atoms with E-state index in [-0.39, 0.29) is 0 Å². The van der Waals surface area contributed by atoms with Crippen molar-refractivity contribution >= 4 is 0 Å². The predicted molar refractivity (Wildman–Crippen MR) is 210 cm³/mol. The van der Waals surface area contributed by atoms with Crippen LogP contribution < -0.4 is 0 Å². The van der Waals surface area contributed by atoms with Gasteiger partial charge in [0.25, 0.3) is 0 Å². The van der Waals surface area contributed by atoms with Crippen molar-refractivity contribution in [2.75, 3.05) is 39.8 Å². The van der Waals surface area contributed by atoms with Crippen LogP contribution in [-0.4, -0.2) is 49.6 Å². The molecule has 1 atom stereocenters. The average Bonchev–Trinajstić information content (AvgIpc) is 3.06. The molecule has 0 bridgehead atoms. The summed E-state index contributed by atoms with van der Waals surface area (Å²) in [4.78, 5) is 5.20. The largest absolute Gasteiger partial charge is 0.304 e. The van der Waals surface area contributed by atoms with Crippen LogP contribution in [-0.2, 0) is 0 Å². The summed E-state index contributed by atoms with van der Waals surface area (Å²) in [6.45, 7) is 10.9. The topological polar surface area (TPSA) is 6.48 Å². The zero-order valence-electron chi connectivity index (χ0n) is 31.7. The van der Waals surface area contributed by atoms with Crippen molar-refractivity contribution < 1.29 is 0 Å². The van der Waals surface area contributed by atoms with Gasteiger partial charge in [0.15, 0.2) is 0 Å². The van der Waals surface area contributed by atoms with Gasteiger partial charge in [0.2, 0.25) is 0 Å². The van der Waals surface area contributed by atoms with E-state index in [2.05, 4.69) is 79.3 Å². The average molecular weight is 639 g/mol. The van der Waals surface area contributed by atoms with Gasteiger partial charge in [-0.25, -0.2) is 0 Å². The van der Waals surface area contributed by atoms with E-state index in [1.807, 2.05) is 0 Å². The highest BCUT2D eigenvalue weighted by Crippen LogP contribution is 2.24. The molecule has 0 spiro atoms. The summed E-state index contributed by atoms with van der Waals surface area (Å²) in [5, 5.41) is 0. The second-order valence-corrected chi connectivity index (χ2v) is 14.5. The summed E-state index contributed by atoms with van der Waals surface area (Å²) in [6.07, 6.45) is 56.0. The van der Waals surface area contributed by atoms with E-state index in [1.165, 1.54) is 193 Å². The van der Waals surface area contributed by atoms with Gasteiger partial charge in [0, 0.05) is 26.2 Å². The van der Waals surface area contributed by atoms with E-state index >= 15 is 0 Å². The first-order valence-electron chi connectivity index (χ1n) is 20.8. The van der Waals surface area contributed by atoms with Crippen LogP contribution in [0.5, 0.6) is 0 Å². The number of allylic oxidation sites excluding steroid dienone is 8. The molecule has 0 amide bonds. The Morgan fingerprint density at radius 3 is 1.28 bits per heavy atom. The van der Waals surface area contributed by atoms with Crippen molar-refractivity contribution in [3.63, 3.8) is 0 Å². The molecule has 2 nitrogen and oxygen atoms in total. The zero-order chi connectivity index (χ0) is 33.0. The minimum Gasteiger partial charge on any atom is -0.304 e. The molecule has 268 valence electrons. The number of unbranched alkanes of at least 4 members (excludes halogenated alkanes) is 17. The Morgan fingerprint density at radius 1 is 0.413 bits per heavy atom. The summed E-state index contributed by atoms with van der Waals surface area (Å²) < 4.78 is 0. The highest BCUT2D eigenvalue weighted by Gasteiger charge is 2.14. The normalized spacial score (nSPS) is 15.9. The lowest BCUT2D eigenvalue weighted by Gasteiger charge is -2.32. The van der Waals surface area contributed by atoms with Gasteiger partial charge in [0.1, 0.15) is 0 Å². The molecule has 0 aromatic carbocycles. The number of rotatable bonds is 33. The fourth-order valence-corrected chi connectivity index (χ4v) is 6.76. The molecular weight excluding hydrogens is 556 g/mol. The minimum atomic E-state index is 0.972. The van der Waals surface area contributed by atoms with Crippen molar-refractivity contribution in [3.8, 4) is 0 Å². The van der Waals surface area contributed by atoms with Crippen LogP contribution in [0.15, 0.2) is 48.6 Å². The molecule has 1 saturated heterocycles. The lowest BCUT2D eigenvalue weighted by Crippen LogP contribution is -2.44. The third kappa shape index (κ3) is 30.2. The maximum Gasteiger partial charge on any atom is 0.0110 e. The van der Waals surface area contributed by atoms with Gasteiger partial charge in [-0.2, -0.15) is 0 Å². The molecule has 0 aromatic heterocycles. The molecule has 1 rings (SSSR count). The third-order valence-electron chi connectivity index (χ3n) is 10.1. The number of nitrogens with zero attached hydrogens (tertiary/aromatic N) is 2. The molecule has 1 aliphatic heterocycles. The molecule has 1 aliphatic rings. The van der Waals surface area contributed by atoms with Crippen LogP contribution in [0, 0.1) is 5.92 Å². The van der Waals surface area contributed by atoms with Gasteiger partial charge < -0.3 is 9.80 Å². The Labute approximate surface area is 290 Å². The molecule has 0 aliphatic carbocycles. The zero-order valence-corrected chi connectivity index (χ0v) is 31.7. The van der Waals surface area contributed by atoms with Gasteiger partial charge in [-0.05, 0) is 90.1 Å². The Balaban J connectivity index is 2.12. The monoisotopic (exact) mass is 639 g/mol. The second kappa shape index (κ2) is 35.2. The fraction of sp³-hybridized carbons (Fsp3) is 0.818. The lowest BCUT2D eigenvalue weighted by molar-refractivity contribution is 0.149. The van der Waals surface area contributed by atoms with Crippen LogP contribution in [0.2, 0.25) is 0 Å². The van der Waals surface area contributed by atoms with E-state index in [1.54, 1.807) is 0 Å². The molecule has 46 heavy (non-hydrogen) atoms. The fourth-order valence-electron chi connectivity index (χ4n) is 6.76. The van der Waals surface area contributed by atoms with Crippen LogP contribution in [0.25, 0.3) is 0 Å². The minimum absolute atomic E-state index is 0.972. The standard InChI is InChI=1S/C44H82N2/c1-4-6-8-10-12-14-16-18-20-22-24-26-28-30-32-34-37-44(38-35-39-46-42-40-45(3)41-43-46)36-33-31-29-27-25-23-21-19-17-15-13-11-9-7-5-2/h11-14,17-20,44H,4-10,15-16,21-43H2,1-3H3. The van der Waals surface area contributed by atoms with Crippen molar-refractivity contribution in [3.05, 3.63) is 48.6 Å². The van der Waals surface area contributed by atoms with Gasteiger partial charge >= 0.3 is 0 Å². The molecular formula is C44H82N2. The number of likely N-dealkylation sites (N-methyl/N-ethyl adjacent to an activating group) is 1. The first-order valence-corrected chi connectivity index (χ1v) is 20.8. The van der Waals surface area contributed by atoms with Crippen LogP contribution >= 0.6 is 0 Å². The first-order chi connectivity index (χ1) is 22.8. The third-order valence-corrected chi connectivity index (χ3v) is 10.1. The molecule has 1 unspecified atom stereocenters. The van der Waals surface area contributed by atoms with Crippen molar-refractivity contribution in [2.24, 2.45) is 5.92 Å². The lowest BCUT2D eigenvalue weighted by atomic mass is 9.90. The summed E-state index contributed by atoms with van der Waals surface area (Å²) in [7, 11) is 2.27. The SMILES string of the molecule is CCCCC=CCC=CCCCCCCCCC(CCCCCCCCC=CCC=CCCCCC)CCCN1CCN(C)CC1. The number of hydrogen-bond donors (Lipinski definition) is 0. The van der Waals surface area contributed by atoms with Gasteiger partial charge in [0.05, 0.1) is 0 Å². The smallest absolute Gasteiger partial charge is 0.0110 e. The van der Waals surface area contributed by atoms with Gasteiger partial charge in [-0.15, -0.1) is 0 Å². The molecule has 1 heterocycles. The molecule has 2 heteroatoms. The number of piperazine rings is 1. The van der Waals surface area contributed by atoms with Crippen LogP contribution in [0.4, 0.5) is 0 Å². The maximum absolute atomic E-state index is 2.72. The summed E-state index contributed by atoms with van der Waals surface area (Å²) in [5.74, 6) is 0.972. The van der Waals surface area contributed by atoms with E-state index in [4.69, 9.17) is 0 Å². The molecule has 0 saturated carbocycles. The Hall–Kier alpha value is -1.12. The Kier molecular flexibility index (Phi) is 32.8. The number of hydrogen-bond acceptors (Lipinski definition) is 2. The molecule has 1 fully saturated rings. The molecule has 0 N–H and O–H groups in total. The summed E-state index contributed by atoms with van der Waals surface area (Å²) in [6, 6.07) is 0. The Morgan fingerprint density at radius 2 is 0.804 bits per heavy atom. The van der Waals surface area contributed by atoms with E-state index < -0.39 is 0 Å². The van der Waals surface area contributed by atoms with Crippen LogP contribution in [0.3, 0.4) is 0 Å². The highest BCUT2D eigenvalue weighted by molar-refractivity contribution is 4.93. The van der Waals surface area contributed by atoms with Crippen molar-refractivity contribution in [1.82, 2.24) is 9.80 Å². The second-order valence-electron chi connectivity index (χ2n) is 14.5. The molecule has 0 aromatic rings. The molecule has 0 radical (unpaired) electrons.